The van der Waals surface area contributed by atoms with Gasteiger partial charge in [0.05, 0.1) is 18.6 Å². The molecule has 0 aliphatic rings. The summed E-state index contributed by atoms with van der Waals surface area (Å²) in [5.41, 5.74) is 0.374. The fourth-order valence-electron chi connectivity index (χ4n) is 2.76. The van der Waals surface area contributed by atoms with Gasteiger partial charge in [-0.15, -0.1) is 11.3 Å². The highest BCUT2D eigenvalue weighted by molar-refractivity contribution is 7.89. The number of thiophene rings is 1. The Morgan fingerprint density at radius 3 is 2.48 bits per heavy atom. The molecule has 0 saturated heterocycles. The predicted octanol–water partition coefficient (Wildman–Crippen LogP) is 3.09. The molecule has 0 atom stereocenters. The van der Waals surface area contributed by atoms with Gasteiger partial charge < -0.3 is 14.8 Å². The van der Waals surface area contributed by atoms with Crippen molar-refractivity contribution in [3.63, 3.8) is 0 Å². The van der Waals surface area contributed by atoms with Crippen molar-refractivity contribution in [2.45, 2.75) is 11.3 Å². The van der Waals surface area contributed by atoms with Crippen molar-refractivity contribution in [2.24, 2.45) is 0 Å². The molecule has 1 heterocycles. The van der Waals surface area contributed by atoms with Gasteiger partial charge in [-0.25, -0.2) is 13.1 Å². The molecule has 0 fully saturated rings. The molecule has 0 spiro atoms. The summed E-state index contributed by atoms with van der Waals surface area (Å²) in [6, 6.07) is 16.9. The van der Waals surface area contributed by atoms with Gasteiger partial charge in [-0.1, -0.05) is 12.1 Å². The first-order chi connectivity index (χ1) is 15.0. The molecule has 3 aromatic rings. The van der Waals surface area contributed by atoms with E-state index in [1.54, 1.807) is 30.6 Å². The lowest BCUT2D eigenvalue weighted by atomic mass is 10.2. The third-order valence-electron chi connectivity index (χ3n) is 4.37. The van der Waals surface area contributed by atoms with Crippen LogP contribution in [0.15, 0.2) is 70.9 Å². The first-order valence-corrected chi connectivity index (χ1v) is 12.0. The van der Waals surface area contributed by atoms with E-state index in [4.69, 9.17) is 9.47 Å². The van der Waals surface area contributed by atoms with Crippen LogP contribution in [0.4, 0.5) is 0 Å². The second kappa shape index (κ2) is 10.9. The van der Waals surface area contributed by atoms with Gasteiger partial charge in [0.1, 0.15) is 18.1 Å². The van der Waals surface area contributed by atoms with Crippen LogP contribution in [0.25, 0.3) is 0 Å². The first kappa shape index (κ1) is 22.8. The summed E-state index contributed by atoms with van der Waals surface area (Å²) in [6.45, 7) is 0.915. The fraction of sp³-hybridized carbons (Fsp3) is 0.227. The highest BCUT2D eigenvalue weighted by atomic mass is 32.2. The van der Waals surface area contributed by atoms with Gasteiger partial charge >= 0.3 is 0 Å². The van der Waals surface area contributed by atoms with Crippen LogP contribution >= 0.6 is 11.3 Å². The van der Waals surface area contributed by atoms with Crippen molar-refractivity contribution < 1.29 is 22.7 Å². The summed E-state index contributed by atoms with van der Waals surface area (Å²) >= 11 is 1.59. The Bertz CT molecular complexity index is 1080. The molecule has 31 heavy (non-hydrogen) atoms. The number of methoxy groups -OCH3 is 1. The second-order valence-electron chi connectivity index (χ2n) is 6.53. The molecule has 1 amide bonds. The van der Waals surface area contributed by atoms with Crippen LogP contribution in [0, 0.1) is 0 Å². The molecule has 7 nitrogen and oxygen atoms in total. The van der Waals surface area contributed by atoms with Gasteiger partial charge in [0, 0.05) is 23.1 Å². The van der Waals surface area contributed by atoms with Crippen LogP contribution in [-0.2, 0) is 16.4 Å². The van der Waals surface area contributed by atoms with Crippen LogP contribution in [0.1, 0.15) is 15.2 Å². The predicted molar refractivity (Wildman–Crippen MR) is 120 cm³/mol. The lowest BCUT2D eigenvalue weighted by molar-refractivity contribution is 0.0947. The van der Waals surface area contributed by atoms with E-state index in [1.807, 2.05) is 29.6 Å². The van der Waals surface area contributed by atoms with Crippen LogP contribution in [0.2, 0.25) is 0 Å². The third-order valence-corrected chi connectivity index (χ3v) is 6.78. The summed E-state index contributed by atoms with van der Waals surface area (Å²) in [7, 11) is -2.04. The van der Waals surface area contributed by atoms with Gasteiger partial charge in [0.2, 0.25) is 10.0 Å². The molecular formula is C22H24N2O5S2. The number of sulfonamides is 1. The van der Waals surface area contributed by atoms with Crippen LogP contribution < -0.4 is 19.5 Å². The SMILES string of the molecule is COc1cccc(OCCNC(=O)c2ccc(S(=O)(=O)NCCc3cccs3)cc2)c1. The molecule has 1 aromatic heterocycles. The molecule has 0 saturated carbocycles. The number of ether oxygens (including phenoxy) is 2. The molecule has 0 aliphatic carbocycles. The van der Waals surface area contributed by atoms with Crippen molar-refractivity contribution in [2.75, 3.05) is 26.8 Å². The lowest BCUT2D eigenvalue weighted by Crippen LogP contribution is -2.28. The molecule has 0 bridgehead atoms. The standard InChI is InChI=1S/C22H24N2O5S2/c1-28-18-4-2-5-19(16-18)29-14-13-23-22(25)17-7-9-21(10-8-17)31(26,27)24-12-11-20-6-3-15-30-20/h2-10,15-16,24H,11-14H2,1H3,(H,23,25). The quantitative estimate of drug-likeness (QED) is 0.429. The summed E-state index contributed by atoms with van der Waals surface area (Å²) in [5, 5.41) is 4.70. The van der Waals surface area contributed by atoms with Crippen LogP contribution in [0.3, 0.4) is 0 Å². The van der Waals surface area contributed by atoms with Crippen molar-refractivity contribution in [3.05, 3.63) is 76.5 Å². The van der Waals surface area contributed by atoms with E-state index in [9.17, 15) is 13.2 Å². The third kappa shape index (κ3) is 6.81. The van der Waals surface area contributed by atoms with E-state index in [1.165, 1.54) is 24.3 Å². The van der Waals surface area contributed by atoms with Crippen molar-refractivity contribution in [3.8, 4) is 11.5 Å². The molecular weight excluding hydrogens is 436 g/mol. The molecule has 9 heteroatoms. The Balaban J connectivity index is 1.45. The minimum atomic E-state index is -3.62. The largest absolute Gasteiger partial charge is 0.497 e. The Morgan fingerprint density at radius 1 is 1.00 bits per heavy atom. The fourth-order valence-corrected chi connectivity index (χ4v) is 4.50. The number of rotatable bonds is 11. The number of hydrogen-bond donors (Lipinski definition) is 2. The van der Waals surface area contributed by atoms with Crippen LogP contribution in [-0.4, -0.2) is 41.1 Å². The average Bonchev–Trinajstić information content (AvgIpc) is 3.30. The molecule has 0 radical (unpaired) electrons. The van der Waals surface area contributed by atoms with E-state index < -0.39 is 10.0 Å². The highest BCUT2D eigenvalue weighted by Gasteiger charge is 2.14. The lowest BCUT2D eigenvalue weighted by Gasteiger charge is -2.10. The van der Waals surface area contributed by atoms with Gasteiger partial charge in [-0.2, -0.15) is 0 Å². The number of carbonyl (C=O) groups excluding carboxylic acids is 1. The second-order valence-corrected chi connectivity index (χ2v) is 9.33. The Kier molecular flexibility index (Phi) is 8.05. The maximum absolute atomic E-state index is 12.4. The minimum Gasteiger partial charge on any atom is -0.497 e. The Labute approximate surface area is 186 Å². The van der Waals surface area contributed by atoms with E-state index >= 15 is 0 Å². The zero-order chi connectivity index (χ0) is 22.1. The van der Waals surface area contributed by atoms with Gasteiger partial charge in [0.15, 0.2) is 0 Å². The minimum absolute atomic E-state index is 0.122. The summed E-state index contributed by atoms with van der Waals surface area (Å²) in [6.07, 6.45) is 0.634. The number of amides is 1. The average molecular weight is 461 g/mol. The molecule has 2 aromatic carbocycles. The molecule has 0 aliphatic heterocycles. The highest BCUT2D eigenvalue weighted by Crippen LogP contribution is 2.18. The van der Waals surface area contributed by atoms with E-state index in [2.05, 4.69) is 10.0 Å². The summed E-state index contributed by atoms with van der Waals surface area (Å²) in [4.78, 5) is 13.5. The smallest absolute Gasteiger partial charge is 0.251 e. The van der Waals surface area contributed by atoms with Gasteiger partial charge in [0.25, 0.3) is 5.91 Å². The zero-order valence-corrected chi connectivity index (χ0v) is 18.7. The number of nitrogens with one attached hydrogen (secondary N) is 2. The van der Waals surface area contributed by atoms with Gasteiger partial charge in [-0.05, 0) is 54.3 Å². The van der Waals surface area contributed by atoms with E-state index in [0.29, 0.717) is 43.2 Å². The zero-order valence-electron chi connectivity index (χ0n) is 17.0. The topological polar surface area (TPSA) is 93.7 Å². The first-order valence-electron chi connectivity index (χ1n) is 9.65. The van der Waals surface area contributed by atoms with E-state index in [0.717, 1.165) is 4.88 Å². The maximum Gasteiger partial charge on any atom is 0.251 e. The van der Waals surface area contributed by atoms with Crippen LogP contribution in [0.5, 0.6) is 11.5 Å². The summed E-state index contributed by atoms with van der Waals surface area (Å²) in [5.74, 6) is 1.04. The van der Waals surface area contributed by atoms with E-state index in [-0.39, 0.29) is 10.8 Å². The van der Waals surface area contributed by atoms with Crippen molar-refractivity contribution >= 4 is 27.3 Å². The van der Waals surface area contributed by atoms with Gasteiger partial charge in [-0.3, -0.25) is 4.79 Å². The molecule has 164 valence electrons. The number of hydrogen-bond acceptors (Lipinski definition) is 6. The number of benzene rings is 2. The molecule has 0 unspecified atom stereocenters. The van der Waals surface area contributed by atoms with Crippen molar-refractivity contribution in [1.82, 2.24) is 10.0 Å². The Hall–Kier alpha value is -2.88. The Morgan fingerprint density at radius 2 is 1.77 bits per heavy atom. The monoisotopic (exact) mass is 460 g/mol. The number of carbonyl (C=O) groups is 1. The van der Waals surface area contributed by atoms with Crippen molar-refractivity contribution in [1.29, 1.82) is 0 Å². The maximum atomic E-state index is 12.4. The molecule has 2 N–H and O–H groups in total. The summed E-state index contributed by atoms with van der Waals surface area (Å²) < 4.78 is 38.1. The molecule has 3 rings (SSSR count). The normalized spacial score (nSPS) is 11.1.